The van der Waals surface area contributed by atoms with Crippen molar-refractivity contribution in [3.63, 3.8) is 0 Å². The fourth-order valence-corrected chi connectivity index (χ4v) is 1.49. The highest BCUT2D eigenvalue weighted by Gasteiger charge is 2.16. The molecule has 0 radical (unpaired) electrons. The lowest BCUT2D eigenvalue weighted by Gasteiger charge is -2.15. The van der Waals surface area contributed by atoms with Gasteiger partial charge < -0.3 is 10.0 Å². The molecule has 1 aromatic heterocycles. The van der Waals surface area contributed by atoms with E-state index in [9.17, 15) is 4.79 Å². The molecule has 0 aliphatic rings. The zero-order valence-corrected chi connectivity index (χ0v) is 9.10. The van der Waals surface area contributed by atoms with Crippen LogP contribution in [0, 0.1) is 0 Å². The number of aromatic carboxylic acids is 1. The molecular formula is C8H8Cl2N2O2. The largest absolute Gasteiger partial charge is 0.476 e. The Morgan fingerprint density at radius 1 is 1.50 bits per heavy atom. The summed E-state index contributed by atoms with van der Waals surface area (Å²) >= 11 is 11.5. The topological polar surface area (TPSA) is 53.4 Å². The van der Waals surface area contributed by atoms with Crippen LogP contribution in [0.25, 0.3) is 0 Å². The van der Waals surface area contributed by atoms with Crippen molar-refractivity contribution >= 4 is 34.9 Å². The van der Waals surface area contributed by atoms with E-state index in [1.54, 1.807) is 19.0 Å². The smallest absolute Gasteiger partial charge is 0.356 e. The molecule has 0 saturated carbocycles. The summed E-state index contributed by atoms with van der Waals surface area (Å²) in [5.41, 5.74) is 0.298. The van der Waals surface area contributed by atoms with E-state index in [2.05, 4.69) is 4.98 Å². The normalized spacial score (nSPS) is 10.0. The number of carbonyl (C=O) groups is 1. The fourth-order valence-electron chi connectivity index (χ4n) is 0.953. The van der Waals surface area contributed by atoms with Crippen LogP contribution in [0.15, 0.2) is 6.07 Å². The minimum absolute atomic E-state index is 0.0897. The van der Waals surface area contributed by atoms with E-state index in [1.807, 2.05) is 0 Å². The lowest BCUT2D eigenvalue weighted by atomic mass is 10.3. The third-order valence-electron chi connectivity index (χ3n) is 1.59. The second-order valence-corrected chi connectivity index (χ2v) is 3.59. The van der Waals surface area contributed by atoms with Gasteiger partial charge in [0.15, 0.2) is 5.69 Å². The minimum Gasteiger partial charge on any atom is -0.476 e. The van der Waals surface area contributed by atoms with E-state index in [4.69, 9.17) is 28.3 Å². The summed E-state index contributed by atoms with van der Waals surface area (Å²) in [5.74, 6) is -1.19. The van der Waals surface area contributed by atoms with Gasteiger partial charge in [-0.15, -0.1) is 0 Å². The first-order chi connectivity index (χ1) is 6.43. The van der Waals surface area contributed by atoms with Crippen molar-refractivity contribution in [2.24, 2.45) is 0 Å². The van der Waals surface area contributed by atoms with Crippen LogP contribution in [0.5, 0.6) is 0 Å². The highest BCUT2D eigenvalue weighted by atomic mass is 35.5. The van der Waals surface area contributed by atoms with Gasteiger partial charge in [0, 0.05) is 20.2 Å². The first kappa shape index (κ1) is 11.1. The lowest BCUT2D eigenvalue weighted by Crippen LogP contribution is -2.12. The average molecular weight is 235 g/mol. The molecule has 76 valence electrons. The Labute approximate surface area is 91.1 Å². The number of hydrogen-bond acceptors (Lipinski definition) is 3. The van der Waals surface area contributed by atoms with Gasteiger partial charge in [-0.25, -0.2) is 9.78 Å². The van der Waals surface area contributed by atoms with Gasteiger partial charge in [0.05, 0.1) is 10.7 Å². The maximum Gasteiger partial charge on any atom is 0.356 e. The first-order valence-electron chi connectivity index (χ1n) is 3.70. The zero-order valence-electron chi connectivity index (χ0n) is 7.58. The molecule has 0 aliphatic carbocycles. The highest BCUT2D eigenvalue weighted by molar-refractivity contribution is 6.37. The fraction of sp³-hybridized carbons (Fsp3) is 0.250. The monoisotopic (exact) mass is 234 g/mol. The molecule has 1 heterocycles. The summed E-state index contributed by atoms with van der Waals surface area (Å²) in [6.45, 7) is 0. The van der Waals surface area contributed by atoms with Gasteiger partial charge >= 0.3 is 5.97 Å². The van der Waals surface area contributed by atoms with Gasteiger partial charge in [-0.1, -0.05) is 23.2 Å². The maximum absolute atomic E-state index is 10.7. The van der Waals surface area contributed by atoms with Gasteiger partial charge in [-0.3, -0.25) is 0 Å². The van der Waals surface area contributed by atoms with Gasteiger partial charge in [0.25, 0.3) is 0 Å². The summed E-state index contributed by atoms with van der Waals surface area (Å²) < 4.78 is 0. The minimum atomic E-state index is -1.19. The van der Waals surface area contributed by atoms with Crippen LogP contribution in [0.2, 0.25) is 10.2 Å². The van der Waals surface area contributed by atoms with E-state index < -0.39 is 5.97 Å². The Balaban J connectivity index is 3.40. The Kier molecular flexibility index (Phi) is 3.18. The third-order valence-corrected chi connectivity index (χ3v) is 2.16. The third kappa shape index (κ3) is 2.08. The van der Waals surface area contributed by atoms with E-state index in [0.29, 0.717) is 5.69 Å². The molecule has 1 aromatic rings. The van der Waals surface area contributed by atoms with Crippen LogP contribution in [0.1, 0.15) is 10.5 Å². The Bertz CT molecular complexity index is 380. The molecule has 0 unspecified atom stereocenters. The molecule has 4 nitrogen and oxygen atoms in total. The standard InChI is InChI=1S/C8H8Cl2N2O2/c1-12(2)4-3-5(9)11-7(6(4)10)8(13)14/h3H,1-2H3,(H,13,14). The number of halogens is 2. The van der Waals surface area contributed by atoms with E-state index in [0.717, 1.165) is 0 Å². The molecule has 0 amide bonds. The molecule has 0 spiro atoms. The van der Waals surface area contributed by atoms with Crippen LogP contribution >= 0.6 is 23.2 Å². The quantitative estimate of drug-likeness (QED) is 0.798. The molecule has 1 N–H and O–H groups in total. The zero-order chi connectivity index (χ0) is 10.9. The van der Waals surface area contributed by atoms with Gasteiger partial charge in [-0.05, 0) is 0 Å². The van der Waals surface area contributed by atoms with Crippen LogP contribution in [0.4, 0.5) is 5.69 Å². The number of carboxylic acids is 1. The van der Waals surface area contributed by atoms with Crippen LogP contribution in [-0.4, -0.2) is 30.2 Å². The second kappa shape index (κ2) is 4.02. The molecule has 0 aromatic carbocycles. The van der Waals surface area contributed by atoms with Crippen LogP contribution in [-0.2, 0) is 0 Å². The van der Waals surface area contributed by atoms with Crippen molar-refractivity contribution in [1.82, 2.24) is 4.98 Å². The lowest BCUT2D eigenvalue weighted by molar-refractivity contribution is 0.0691. The first-order valence-corrected chi connectivity index (χ1v) is 4.45. The highest BCUT2D eigenvalue weighted by Crippen LogP contribution is 2.29. The predicted molar refractivity (Wildman–Crippen MR) is 55.5 cm³/mol. The molecule has 6 heteroatoms. The number of aromatic nitrogens is 1. The Morgan fingerprint density at radius 3 is 2.50 bits per heavy atom. The van der Waals surface area contributed by atoms with Crippen molar-refractivity contribution < 1.29 is 9.90 Å². The van der Waals surface area contributed by atoms with Crippen molar-refractivity contribution in [3.05, 3.63) is 21.9 Å². The Hall–Kier alpha value is -1.00. The van der Waals surface area contributed by atoms with Crippen molar-refractivity contribution in [2.45, 2.75) is 0 Å². The summed E-state index contributed by atoms with van der Waals surface area (Å²) in [5, 5.41) is 8.97. The number of anilines is 1. The predicted octanol–water partition coefficient (Wildman–Crippen LogP) is 2.15. The number of rotatable bonds is 2. The molecule has 0 aliphatic heterocycles. The van der Waals surface area contributed by atoms with Crippen LogP contribution in [0.3, 0.4) is 0 Å². The van der Waals surface area contributed by atoms with Crippen LogP contribution < -0.4 is 4.90 Å². The number of carboxylic acid groups (broad SMARTS) is 1. The van der Waals surface area contributed by atoms with E-state index in [-0.39, 0.29) is 15.9 Å². The summed E-state index contributed by atoms with van der Waals surface area (Å²) in [4.78, 5) is 16.0. The molecule has 0 atom stereocenters. The van der Waals surface area contributed by atoms with Gasteiger partial charge in [0.2, 0.25) is 0 Å². The second-order valence-electron chi connectivity index (χ2n) is 2.83. The van der Waals surface area contributed by atoms with E-state index >= 15 is 0 Å². The molecule has 0 bridgehead atoms. The van der Waals surface area contributed by atoms with Crippen molar-refractivity contribution in [3.8, 4) is 0 Å². The average Bonchev–Trinajstić information content (AvgIpc) is 2.07. The molecular weight excluding hydrogens is 227 g/mol. The molecule has 0 fully saturated rings. The molecule has 0 saturated heterocycles. The Morgan fingerprint density at radius 2 is 2.07 bits per heavy atom. The summed E-state index contributed by atoms with van der Waals surface area (Å²) in [6, 6.07) is 1.51. The molecule has 1 rings (SSSR count). The van der Waals surface area contributed by atoms with Crippen molar-refractivity contribution in [1.29, 1.82) is 0 Å². The number of nitrogens with zero attached hydrogens (tertiary/aromatic N) is 2. The van der Waals surface area contributed by atoms with Gasteiger partial charge in [-0.2, -0.15) is 0 Å². The summed E-state index contributed by atoms with van der Waals surface area (Å²) in [7, 11) is 3.48. The molecule has 14 heavy (non-hydrogen) atoms. The SMILES string of the molecule is CN(C)c1cc(Cl)nc(C(=O)O)c1Cl. The van der Waals surface area contributed by atoms with E-state index in [1.165, 1.54) is 6.07 Å². The number of pyridine rings is 1. The van der Waals surface area contributed by atoms with Gasteiger partial charge in [0.1, 0.15) is 5.15 Å². The maximum atomic E-state index is 10.7. The summed E-state index contributed by atoms with van der Waals surface area (Å²) in [6.07, 6.45) is 0. The van der Waals surface area contributed by atoms with Crippen molar-refractivity contribution in [2.75, 3.05) is 19.0 Å². The number of hydrogen-bond donors (Lipinski definition) is 1.